The summed E-state index contributed by atoms with van der Waals surface area (Å²) in [4.78, 5) is 24.7. The predicted molar refractivity (Wildman–Crippen MR) is 94.8 cm³/mol. The molecule has 0 unspecified atom stereocenters. The topological polar surface area (TPSA) is 102 Å². The number of hydrogen-bond donors (Lipinski definition) is 2. The van der Waals surface area contributed by atoms with Gasteiger partial charge in [-0.05, 0) is 12.1 Å². The monoisotopic (exact) mass is 373 g/mol. The van der Waals surface area contributed by atoms with Gasteiger partial charge in [-0.3, -0.25) is 9.36 Å². The second-order valence-electron chi connectivity index (χ2n) is 6.25. The number of rotatable bonds is 4. The summed E-state index contributed by atoms with van der Waals surface area (Å²) in [5.74, 6) is -1.13. The maximum atomic E-state index is 14.8. The van der Waals surface area contributed by atoms with Crippen molar-refractivity contribution in [3.63, 3.8) is 0 Å². The summed E-state index contributed by atoms with van der Waals surface area (Å²) in [7, 11) is 0. The Kier molecular flexibility index (Phi) is 3.94. The summed E-state index contributed by atoms with van der Waals surface area (Å²) >= 11 is 0. The number of hydrogen-bond acceptors (Lipinski definition) is 6. The Hall–Kier alpha value is -2.91. The summed E-state index contributed by atoms with van der Waals surface area (Å²) in [5.41, 5.74) is 0.876. The van der Waals surface area contributed by atoms with E-state index in [9.17, 15) is 14.3 Å². The van der Waals surface area contributed by atoms with E-state index in [-0.39, 0.29) is 22.9 Å². The fraction of sp³-hybridized carbons (Fsp3) is 0.333. The van der Waals surface area contributed by atoms with Crippen LogP contribution in [-0.4, -0.2) is 49.4 Å². The Morgan fingerprint density at radius 1 is 1.37 bits per heavy atom. The lowest BCUT2D eigenvalue weighted by Gasteiger charge is -2.15. The molecule has 9 heteroatoms. The van der Waals surface area contributed by atoms with Crippen LogP contribution in [0.2, 0.25) is 0 Å². The second-order valence-corrected chi connectivity index (χ2v) is 6.25. The largest absolute Gasteiger partial charge is 0.394 e. The van der Waals surface area contributed by atoms with Crippen LogP contribution in [0.1, 0.15) is 26.3 Å². The Bertz CT molecular complexity index is 1040. The molecule has 1 saturated heterocycles. The Morgan fingerprint density at radius 3 is 2.85 bits per heavy atom. The van der Waals surface area contributed by atoms with Crippen LogP contribution in [0.15, 0.2) is 43.0 Å². The molecule has 3 heterocycles. The van der Waals surface area contributed by atoms with Gasteiger partial charge in [0, 0.05) is 11.5 Å². The average molecular weight is 373 g/mol. The minimum absolute atomic E-state index is 0.151. The molecule has 0 spiro atoms. The molecule has 2 N–H and O–H groups in total. The fourth-order valence-electron chi connectivity index (χ4n) is 3.04. The molecule has 1 aromatic carbocycles. The van der Waals surface area contributed by atoms with Crippen molar-refractivity contribution in [2.75, 3.05) is 11.9 Å². The molecule has 27 heavy (non-hydrogen) atoms. The third-order valence-electron chi connectivity index (χ3n) is 4.57. The van der Waals surface area contributed by atoms with Crippen LogP contribution in [0.3, 0.4) is 0 Å². The van der Waals surface area contributed by atoms with Gasteiger partial charge in [0.1, 0.15) is 6.33 Å². The fourth-order valence-corrected chi connectivity index (χ4v) is 3.04. The van der Waals surface area contributed by atoms with Crippen LogP contribution < -0.4 is 5.32 Å². The number of carbonyl (C=O) groups excluding carboxylic acids is 1. The van der Waals surface area contributed by atoms with Gasteiger partial charge < -0.3 is 15.2 Å². The molecule has 0 aliphatic carbocycles. The molecule has 0 radical (unpaired) electrons. The molecule has 0 saturated carbocycles. The highest BCUT2D eigenvalue weighted by Gasteiger charge is 2.43. The van der Waals surface area contributed by atoms with Crippen molar-refractivity contribution in [1.29, 1.82) is 0 Å². The quantitative estimate of drug-likeness (QED) is 0.725. The van der Waals surface area contributed by atoms with Crippen LogP contribution >= 0.6 is 0 Å². The number of benzene rings is 1. The predicted octanol–water partition coefficient (Wildman–Crippen LogP) is 1.94. The SMILES string of the molecule is [2H]C([2H])(O)[C@H]1O[C@@H](n2cnc3c(NC(=O)c4ccccc4)ncnc32)[C@H](F)[C@@H]1C. The van der Waals surface area contributed by atoms with Crippen LogP contribution in [0.5, 0.6) is 0 Å². The highest BCUT2D eigenvalue weighted by molar-refractivity contribution is 6.06. The van der Waals surface area contributed by atoms with Crippen molar-refractivity contribution < 1.29 is 21.8 Å². The maximum Gasteiger partial charge on any atom is 0.256 e. The van der Waals surface area contributed by atoms with E-state index in [2.05, 4.69) is 20.3 Å². The van der Waals surface area contributed by atoms with Gasteiger partial charge in [-0.25, -0.2) is 19.3 Å². The molecule has 4 rings (SSSR count). The molecule has 1 fully saturated rings. The number of amides is 1. The number of ether oxygens (including phenoxy) is 1. The van der Waals surface area contributed by atoms with Gasteiger partial charge in [0.15, 0.2) is 29.4 Å². The third kappa shape index (κ3) is 3.04. The van der Waals surface area contributed by atoms with Gasteiger partial charge in [-0.1, -0.05) is 25.1 Å². The highest BCUT2D eigenvalue weighted by Crippen LogP contribution is 2.37. The van der Waals surface area contributed by atoms with Crippen LogP contribution in [0.25, 0.3) is 11.2 Å². The van der Waals surface area contributed by atoms with E-state index < -0.39 is 31.0 Å². The Morgan fingerprint density at radius 2 is 2.15 bits per heavy atom. The first-order chi connectivity index (χ1) is 13.8. The van der Waals surface area contributed by atoms with E-state index in [1.807, 2.05) is 0 Å². The number of carbonyl (C=O) groups is 1. The van der Waals surface area contributed by atoms with E-state index in [4.69, 9.17) is 7.48 Å². The van der Waals surface area contributed by atoms with Gasteiger partial charge in [0.2, 0.25) is 0 Å². The zero-order chi connectivity index (χ0) is 20.8. The van der Waals surface area contributed by atoms with Gasteiger partial charge in [-0.15, -0.1) is 0 Å². The lowest BCUT2D eigenvalue weighted by Crippen LogP contribution is -2.21. The summed E-state index contributed by atoms with van der Waals surface area (Å²) in [6.07, 6.45) is -1.68. The van der Waals surface area contributed by atoms with Crippen molar-refractivity contribution in [1.82, 2.24) is 19.5 Å². The average Bonchev–Trinajstić information content (AvgIpc) is 3.24. The number of fused-ring (bicyclic) bond motifs is 1. The number of anilines is 1. The lowest BCUT2D eigenvalue weighted by atomic mass is 10.0. The minimum Gasteiger partial charge on any atom is -0.394 e. The van der Waals surface area contributed by atoms with Gasteiger partial charge in [0.25, 0.3) is 5.91 Å². The minimum atomic E-state index is -2.70. The number of aliphatic hydroxyl groups is 1. The Labute approximate surface area is 156 Å². The number of nitrogens with zero attached hydrogens (tertiary/aromatic N) is 4. The number of nitrogens with one attached hydrogen (secondary N) is 1. The molecule has 8 nitrogen and oxygen atoms in total. The smallest absolute Gasteiger partial charge is 0.256 e. The number of halogens is 1. The van der Waals surface area contributed by atoms with Crippen molar-refractivity contribution >= 4 is 22.9 Å². The normalized spacial score (nSPS) is 26.6. The molecular formula is C18H18FN5O3. The zero-order valence-corrected chi connectivity index (χ0v) is 14.3. The second kappa shape index (κ2) is 7.01. The molecule has 0 bridgehead atoms. The van der Waals surface area contributed by atoms with Crippen LogP contribution in [0, 0.1) is 5.92 Å². The molecule has 1 amide bonds. The third-order valence-corrected chi connectivity index (χ3v) is 4.57. The standard InChI is InChI=1S/C18H18FN5O3/c1-10-12(7-25)27-18(13(10)19)24-9-22-14-15(20-8-21-16(14)24)23-17(26)11-5-3-2-4-6-11/h2-6,8-10,12-13,18,25H,7H2,1H3,(H,20,21,23,26)/t10-,12-,13-,18-/m1/s1/i7D2. The van der Waals surface area contributed by atoms with Gasteiger partial charge in [-0.2, -0.15) is 0 Å². The van der Waals surface area contributed by atoms with E-state index in [0.29, 0.717) is 5.56 Å². The van der Waals surface area contributed by atoms with E-state index in [1.54, 1.807) is 30.3 Å². The molecule has 3 aromatic rings. The zero-order valence-electron chi connectivity index (χ0n) is 16.3. The summed E-state index contributed by atoms with van der Waals surface area (Å²) < 4.78 is 36.5. The van der Waals surface area contributed by atoms with Crippen molar-refractivity contribution in [3.8, 4) is 0 Å². The lowest BCUT2D eigenvalue weighted by molar-refractivity contribution is -0.0378. The van der Waals surface area contributed by atoms with E-state index in [0.717, 1.165) is 0 Å². The Balaban J connectivity index is 1.65. The molecule has 1 aliphatic rings. The van der Waals surface area contributed by atoms with E-state index in [1.165, 1.54) is 24.1 Å². The van der Waals surface area contributed by atoms with Crippen molar-refractivity contribution in [2.45, 2.75) is 25.4 Å². The summed E-state index contributed by atoms with van der Waals surface area (Å²) in [6, 6.07) is 8.55. The molecular weight excluding hydrogens is 353 g/mol. The first-order valence-corrected chi connectivity index (χ1v) is 8.33. The summed E-state index contributed by atoms with van der Waals surface area (Å²) in [6.45, 7) is -1.23. The highest BCUT2D eigenvalue weighted by atomic mass is 19.1. The molecule has 4 atom stereocenters. The summed E-state index contributed by atoms with van der Waals surface area (Å²) in [5, 5.41) is 12.3. The number of alkyl halides is 1. The molecule has 140 valence electrons. The molecule has 2 aromatic heterocycles. The van der Waals surface area contributed by atoms with Crippen LogP contribution in [0.4, 0.5) is 10.2 Å². The van der Waals surface area contributed by atoms with Gasteiger partial charge in [0.05, 0.1) is 21.7 Å². The van der Waals surface area contributed by atoms with Crippen molar-refractivity contribution in [3.05, 3.63) is 48.5 Å². The maximum absolute atomic E-state index is 14.8. The first-order valence-electron chi connectivity index (χ1n) is 9.33. The van der Waals surface area contributed by atoms with Crippen molar-refractivity contribution in [2.24, 2.45) is 5.92 Å². The molecule has 1 aliphatic heterocycles. The number of aromatic nitrogens is 4. The first kappa shape index (κ1) is 15.2. The number of imidazole rings is 1. The van der Waals surface area contributed by atoms with E-state index >= 15 is 0 Å². The van der Waals surface area contributed by atoms with Crippen LogP contribution in [-0.2, 0) is 4.74 Å². The van der Waals surface area contributed by atoms with Gasteiger partial charge >= 0.3 is 0 Å².